The fourth-order valence-electron chi connectivity index (χ4n) is 2.94. The van der Waals surface area contributed by atoms with Crippen LogP contribution in [0.15, 0.2) is 48.5 Å². The molecule has 5 heteroatoms. The number of amides is 1. The van der Waals surface area contributed by atoms with Crippen LogP contribution in [0.1, 0.15) is 23.5 Å². The van der Waals surface area contributed by atoms with Crippen molar-refractivity contribution in [2.45, 2.75) is 24.9 Å². The minimum Gasteiger partial charge on any atom is -0.391 e. The molecular formula is C19H19F2NO2. The molecule has 3 nitrogen and oxygen atoms in total. The highest BCUT2D eigenvalue weighted by Gasteiger charge is 2.45. The van der Waals surface area contributed by atoms with Crippen LogP contribution in [0.2, 0.25) is 0 Å². The number of aliphatic hydroxyl groups is 1. The topological polar surface area (TPSA) is 49.3 Å². The molecular weight excluding hydrogens is 312 g/mol. The third-order valence-electron chi connectivity index (χ3n) is 4.31. The number of nitrogens with one attached hydrogen (secondary N) is 1. The average Bonchev–Trinajstić information content (AvgIpc) is 3.36. The van der Waals surface area contributed by atoms with Crippen LogP contribution in [0.3, 0.4) is 0 Å². The van der Waals surface area contributed by atoms with E-state index in [2.05, 4.69) is 5.32 Å². The van der Waals surface area contributed by atoms with E-state index >= 15 is 0 Å². The van der Waals surface area contributed by atoms with Crippen molar-refractivity contribution in [3.05, 3.63) is 71.3 Å². The molecule has 126 valence electrons. The standard InChI is InChI=1S/C19H19F2NO2/c20-13-6-7-18(21)16(9-13)15-10-17(15)19(24)22-11-14(23)8-12-4-2-1-3-5-12/h1-7,9,14-15,17,23H,8,10-11H2,(H,22,24). The third kappa shape index (κ3) is 3.97. The maximum atomic E-state index is 13.7. The first-order valence-electron chi connectivity index (χ1n) is 7.99. The molecule has 1 saturated carbocycles. The highest BCUT2D eigenvalue weighted by atomic mass is 19.1. The van der Waals surface area contributed by atoms with Gasteiger partial charge in [0.2, 0.25) is 5.91 Å². The van der Waals surface area contributed by atoms with E-state index in [0.29, 0.717) is 12.8 Å². The monoisotopic (exact) mass is 331 g/mol. The first-order valence-corrected chi connectivity index (χ1v) is 7.99. The van der Waals surface area contributed by atoms with Gasteiger partial charge in [0.15, 0.2) is 0 Å². The van der Waals surface area contributed by atoms with Crippen molar-refractivity contribution in [3.63, 3.8) is 0 Å². The third-order valence-corrected chi connectivity index (χ3v) is 4.31. The number of aliphatic hydroxyl groups excluding tert-OH is 1. The van der Waals surface area contributed by atoms with Crippen LogP contribution < -0.4 is 5.32 Å². The minimum absolute atomic E-state index is 0.141. The predicted octanol–water partition coefficient (Wildman–Crippen LogP) is 2.79. The molecule has 2 N–H and O–H groups in total. The number of hydrogen-bond donors (Lipinski definition) is 2. The fraction of sp³-hybridized carbons (Fsp3) is 0.316. The summed E-state index contributed by atoms with van der Waals surface area (Å²) in [5.74, 6) is -1.86. The molecule has 0 aromatic heterocycles. The van der Waals surface area contributed by atoms with E-state index < -0.39 is 17.7 Å². The number of halogens is 2. The van der Waals surface area contributed by atoms with Crippen LogP contribution in [0.25, 0.3) is 0 Å². The van der Waals surface area contributed by atoms with Crippen molar-refractivity contribution in [1.29, 1.82) is 0 Å². The van der Waals surface area contributed by atoms with E-state index in [1.807, 2.05) is 30.3 Å². The van der Waals surface area contributed by atoms with Crippen molar-refractivity contribution in [1.82, 2.24) is 5.32 Å². The van der Waals surface area contributed by atoms with E-state index in [0.717, 1.165) is 23.8 Å². The minimum atomic E-state index is -0.681. The number of carbonyl (C=O) groups excluding carboxylic acids is 1. The van der Waals surface area contributed by atoms with E-state index in [1.54, 1.807) is 0 Å². The van der Waals surface area contributed by atoms with Crippen LogP contribution in [-0.4, -0.2) is 23.7 Å². The summed E-state index contributed by atoms with van der Waals surface area (Å²) in [5, 5.41) is 12.7. The molecule has 1 aliphatic rings. The summed E-state index contributed by atoms with van der Waals surface area (Å²) in [6.07, 6.45) is 0.272. The average molecular weight is 331 g/mol. The molecule has 0 saturated heterocycles. The maximum Gasteiger partial charge on any atom is 0.223 e. The summed E-state index contributed by atoms with van der Waals surface area (Å²) < 4.78 is 26.9. The number of carbonyl (C=O) groups is 1. The second kappa shape index (κ2) is 7.09. The quantitative estimate of drug-likeness (QED) is 0.855. The van der Waals surface area contributed by atoms with Crippen LogP contribution in [0.4, 0.5) is 8.78 Å². The van der Waals surface area contributed by atoms with Gasteiger partial charge in [-0.15, -0.1) is 0 Å². The van der Waals surface area contributed by atoms with Gasteiger partial charge in [0.1, 0.15) is 11.6 Å². The highest BCUT2D eigenvalue weighted by molar-refractivity contribution is 5.82. The Kier molecular flexibility index (Phi) is 4.90. The Morgan fingerprint density at radius 2 is 1.96 bits per heavy atom. The Morgan fingerprint density at radius 3 is 2.71 bits per heavy atom. The van der Waals surface area contributed by atoms with Crippen LogP contribution in [0, 0.1) is 17.6 Å². The van der Waals surface area contributed by atoms with Gasteiger partial charge in [-0.1, -0.05) is 30.3 Å². The Labute approximate surface area is 139 Å². The van der Waals surface area contributed by atoms with Crippen LogP contribution >= 0.6 is 0 Å². The van der Waals surface area contributed by atoms with Crippen molar-refractivity contribution >= 4 is 5.91 Å². The lowest BCUT2D eigenvalue weighted by molar-refractivity contribution is -0.122. The number of rotatable bonds is 6. The molecule has 0 spiro atoms. The molecule has 24 heavy (non-hydrogen) atoms. The summed E-state index contributed by atoms with van der Waals surface area (Å²) in [4.78, 5) is 12.1. The largest absolute Gasteiger partial charge is 0.391 e. The molecule has 0 heterocycles. The zero-order chi connectivity index (χ0) is 17.1. The smallest absolute Gasteiger partial charge is 0.223 e. The van der Waals surface area contributed by atoms with E-state index in [4.69, 9.17) is 0 Å². The second-order valence-electron chi connectivity index (χ2n) is 6.20. The Morgan fingerprint density at radius 1 is 1.21 bits per heavy atom. The second-order valence-corrected chi connectivity index (χ2v) is 6.20. The molecule has 3 rings (SSSR count). The van der Waals surface area contributed by atoms with Gasteiger partial charge in [-0.2, -0.15) is 0 Å². The Hall–Kier alpha value is -2.27. The molecule has 0 bridgehead atoms. The first-order chi connectivity index (χ1) is 11.5. The zero-order valence-corrected chi connectivity index (χ0v) is 13.1. The lowest BCUT2D eigenvalue weighted by Crippen LogP contribution is -2.34. The molecule has 2 aromatic rings. The van der Waals surface area contributed by atoms with Gasteiger partial charge in [-0.25, -0.2) is 8.78 Å². The van der Waals surface area contributed by atoms with Crippen LogP contribution in [-0.2, 0) is 11.2 Å². The van der Waals surface area contributed by atoms with Crippen molar-refractivity contribution in [3.8, 4) is 0 Å². The van der Waals surface area contributed by atoms with Crippen molar-refractivity contribution < 1.29 is 18.7 Å². The summed E-state index contributed by atoms with van der Waals surface area (Å²) in [6, 6.07) is 12.8. The molecule has 3 unspecified atom stereocenters. The first kappa shape index (κ1) is 16.6. The van der Waals surface area contributed by atoms with Crippen LogP contribution in [0.5, 0.6) is 0 Å². The van der Waals surface area contributed by atoms with Crippen molar-refractivity contribution in [2.24, 2.45) is 5.92 Å². The van der Waals surface area contributed by atoms with Gasteiger partial charge in [-0.3, -0.25) is 4.79 Å². The lowest BCUT2D eigenvalue weighted by atomic mass is 10.1. The molecule has 0 radical (unpaired) electrons. The van der Waals surface area contributed by atoms with Gasteiger partial charge >= 0.3 is 0 Å². The Balaban J connectivity index is 1.49. The summed E-state index contributed by atoms with van der Waals surface area (Å²) in [7, 11) is 0. The molecule has 1 aliphatic carbocycles. The summed E-state index contributed by atoms with van der Waals surface area (Å²) >= 11 is 0. The molecule has 0 aliphatic heterocycles. The van der Waals surface area contributed by atoms with Gasteiger partial charge in [0.05, 0.1) is 6.10 Å². The molecule has 3 atom stereocenters. The molecule has 2 aromatic carbocycles. The van der Waals surface area contributed by atoms with Gasteiger partial charge in [-0.05, 0) is 41.7 Å². The predicted molar refractivity (Wildman–Crippen MR) is 86.4 cm³/mol. The SMILES string of the molecule is O=C(NCC(O)Cc1ccccc1)C1CC1c1cc(F)ccc1F. The molecule has 1 amide bonds. The van der Waals surface area contributed by atoms with E-state index in [1.165, 1.54) is 0 Å². The fourth-order valence-corrected chi connectivity index (χ4v) is 2.94. The van der Waals surface area contributed by atoms with E-state index in [9.17, 15) is 18.7 Å². The summed E-state index contributed by atoms with van der Waals surface area (Å²) in [6.45, 7) is 0.141. The van der Waals surface area contributed by atoms with Gasteiger partial charge in [0.25, 0.3) is 0 Å². The Bertz CT molecular complexity index is 721. The number of benzene rings is 2. The number of hydrogen-bond acceptors (Lipinski definition) is 2. The normalized spacial score (nSPS) is 20.5. The van der Waals surface area contributed by atoms with Gasteiger partial charge in [0, 0.05) is 18.9 Å². The zero-order valence-electron chi connectivity index (χ0n) is 13.1. The summed E-state index contributed by atoms with van der Waals surface area (Å²) in [5.41, 5.74) is 1.24. The lowest BCUT2D eigenvalue weighted by Gasteiger charge is -2.12. The van der Waals surface area contributed by atoms with E-state index in [-0.39, 0.29) is 29.9 Å². The van der Waals surface area contributed by atoms with Gasteiger partial charge < -0.3 is 10.4 Å². The van der Waals surface area contributed by atoms with Crippen molar-refractivity contribution in [2.75, 3.05) is 6.54 Å². The maximum absolute atomic E-state index is 13.7. The molecule has 1 fully saturated rings. The highest BCUT2D eigenvalue weighted by Crippen LogP contribution is 2.48.